The molecule has 0 saturated carbocycles. The second-order valence-electron chi connectivity index (χ2n) is 8.07. The van der Waals surface area contributed by atoms with Crippen LogP contribution in [0.5, 0.6) is 0 Å². The highest BCUT2D eigenvalue weighted by molar-refractivity contribution is 5.89. The second-order valence-corrected chi connectivity index (χ2v) is 8.07. The van der Waals surface area contributed by atoms with E-state index in [0.717, 1.165) is 19.0 Å². The van der Waals surface area contributed by atoms with Gasteiger partial charge in [0.1, 0.15) is 0 Å². The maximum Gasteiger partial charge on any atom is 0.416 e. The van der Waals surface area contributed by atoms with Crippen molar-refractivity contribution >= 4 is 5.91 Å². The number of alkyl halides is 3. The van der Waals surface area contributed by atoms with Crippen LogP contribution in [0.3, 0.4) is 0 Å². The number of piperidine rings is 1. The van der Waals surface area contributed by atoms with Crippen molar-refractivity contribution in [2.75, 3.05) is 26.2 Å². The van der Waals surface area contributed by atoms with Gasteiger partial charge >= 0.3 is 6.18 Å². The largest absolute Gasteiger partial charge is 0.416 e. The average molecular weight is 402 g/mol. The third-order valence-electron chi connectivity index (χ3n) is 6.25. The van der Waals surface area contributed by atoms with E-state index in [1.165, 1.54) is 17.7 Å². The molecule has 2 aliphatic heterocycles. The molecule has 3 nitrogen and oxygen atoms in total. The predicted molar refractivity (Wildman–Crippen MR) is 105 cm³/mol. The summed E-state index contributed by atoms with van der Waals surface area (Å²) in [6.45, 7) is 3.56. The number of halogens is 3. The number of benzene rings is 2. The minimum Gasteiger partial charge on any atom is -0.342 e. The number of carbonyl (C=O) groups excluding carboxylic acids is 1. The fourth-order valence-corrected chi connectivity index (χ4v) is 4.38. The normalized spacial score (nSPS) is 19.6. The first-order valence-corrected chi connectivity index (χ1v) is 10.1. The molecule has 6 heteroatoms. The molecule has 2 heterocycles. The quantitative estimate of drug-likeness (QED) is 0.753. The van der Waals surface area contributed by atoms with Gasteiger partial charge in [0.05, 0.1) is 11.0 Å². The Labute approximate surface area is 169 Å². The van der Waals surface area contributed by atoms with Crippen molar-refractivity contribution in [2.45, 2.75) is 37.4 Å². The first-order chi connectivity index (χ1) is 13.9. The maximum atomic E-state index is 13.4. The molecule has 0 spiro atoms. The molecule has 0 radical (unpaired) electrons. The molecule has 0 bridgehead atoms. The van der Waals surface area contributed by atoms with Crippen molar-refractivity contribution < 1.29 is 18.0 Å². The van der Waals surface area contributed by atoms with Crippen molar-refractivity contribution in [3.63, 3.8) is 0 Å². The molecule has 0 aromatic heterocycles. The van der Waals surface area contributed by atoms with E-state index in [4.69, 9.17) is 0 Å². The van der Waals surface area contributed by atoms with Gasteiger partial charge in [0.2, 0.25) is 5.91 Å². The van der Waals surface area contributed by atoms with E-state index in [1.807, 2.05) is 18.2 Å². The van der Waals surface area contributed by atoms with Gasteiger partial charge in [0.15, 0.2) is 0 Å². The summed E-state index contributed by atoms with van der Waals surface area (Å²) < 4.78 is 39.9. The Hall–Kier alpha value is -2.34. The van der Waals surface area contributed by atoms with E-state index in [9.17, 15) is 18.0 Å². The smallest absolute Gasteiger partial charge is 0.342 e. The zero-order chi connectivity index (χ0) is 20.5. The van der Waals surface area contributed by atoms with E-state index in [-0.39, 0.29) is 5.91 Å². The van der Waals surface area contributed by atoms with Gasteiger partial charge in [-0.3, -0.25) is 9.69 Å². The van der Waals surface area contributed by atoms with Gasteiger partial charge in [-0.15, -0.1) is 0 Å². The van der Waals surface area contributed by atoms with Gasteiger partial charge < -0.3 is 4.90 Å². The number of rotatable bonds is 4. The average Bonchev–Trinajstić information content (AvgIpc) is 2.67. The first kappa shape index (κ1) is 20.0. The van der Waals surface area contributed by atoms with E-state index in [0.29, 0.717) is 44.6 Å². The van der Waals surface area contributed by atoms with E-state index >= 15 is 0 Å². The first-order valence-electron chi connectivity index (χ1n) is 10.1. The van der Waals surface area contributed by atoms with Gasteiger partial charge in [0.25, 0.3) is 0 Å². The molecule has 0 unspecified atom stereocenters. The van der Waals surface area contributed by atoms with E-state index in [2.05, 4.69) is 17.0 Å². The van der Waals surface area contributed by atoms with Crippen molar-refractivity contribution in [2.24, 2.45) is 0 Å². The van der Waals surface area contributed by atoms with Gasteiger partial charge in [0, 0.05) is 19.6 Å². The standard InChI is InChI=1S/C23H25F3N2O/c24-23(25,26)20-9-4-8-19(16-20)22(21(29)28-12-5-13-28)10-14-27(15-11-22)17-18-6-2-1-3-7-18/h1-4,6-9,16H,5,10-15,17H2. The number of carbonyl (C=O) groups is 1. The molecule has 2 aromatic rings. The predicted octanol–water partition coefficient (Wildman–Crippen LogP) is 4.47. The van der Waals surface area contributed by atoms with Gasteiger partial charge in [-0.1, -0.05) is 48.5 Å². The lowest BCUT2D eigenvalue weighted by molar-refractivity contribution is -0.144. The summed E-state index contributed by atoms with van der Waals surface area (Å²) in [4.78, 5) is 17.4. The van der Waals surface area contributed by atoms with Crippen molar-refractivity contribution in [3.8, 4) is 0 Å². The number of hydrogen-bond donors (Lipinski definition) is 0. The lowest BCUT2D eigenvalue weighted by atomic mass is 9.70. The summed E-state index contributed by atoms with van der Waals surface area (Å²) in [5.74, 6) is -0.0116. The SMILES string of the molecule is O=C(N1CCC1)C1(c2cccc(C(F)(F)F)c2)CCN(Cc2ccccc2)CC1. The molecule has 2 aromatic carbocycles. The van der Waals surface area contributed by atoms with Crippen LogP contribution in [0, 0.1) is 0 Å². The monoisotopic (exact) mass is 402 g/mol. The molecular weight excluding hydrogens is 377 g/mol. The highest BCUT2D eigenvalue weighted by Gasteiger charge is 2.46. The lowest BCUT2D eigenvalue weighted by Crippen LogP contribution is -2.56. The summed E-state index contributed by atoms with van der Waals surface area (Å²) in [7, 11) is 0. The van der Waals surface area contributed by atoms with Crippen LogP contribution in [-0.2, 0) is 22.9 Å². The van der Waals surface area contributed by atoms with Gasteiger partial charge in [-0.2, -0.15) is 13.2 Å². The third-order valence-corrected chi connectivity index (χ3v) is 6.25. The Morgan fingerprint density at radius 2 is 1.62 bits per heavy atom. The molecular formula is C23H25F3N2O. The highest BCUT2D eigenvalue weighted by Crippen LogP contribution is 2.41. The van der Waals surface area contributed by atoms with Crippen LogP contribution >= 0.6 is 0 Å². The minimum absolute atomic E-state index is 0.0116. The molecule has 154 valence electrons. The number of hydrogen-bond acceptors (Lipinski definition) is 2. The molecule has 29 heavy (non-hydrogen) atoms. The topological polar surface area (TPSA) is 23.6 Å². The summed E-state index contributed by atoms with van der Waals surface area (Å²) in [5, 5.41) is 0. The molecule has 0 aliphatic carbocycles. The van der Waals surface area contributed by atoms with Crippen molar-refractivity contribution in [3.05, 3.63) is 71.3 Å². The summed E-state index contributed by atoms with van der Waals surface area (Å²) in [6.07, 6.45) is -2.37. The van der Waals surface area contributed by atoms with Crippen LogP contribution in [0.4, 0.5) is 13.2 Å². The Morgan fingerprint density at radius 3 is 2.21 bits per heavy atom. The highest BCUT2D eigenvalue weighted by atomic mass is 19.4. The number of amides is 1. The zero-order valence-corrected chi connectivity index (χ0v) is 16.3. The summed E-state index contributed by atoms with van der Waals surface area (Å²) in [6, 6.07) is 15.5. The lowest BCUT2D eigenvalue weighted by Gasteiger charge is -2.46. The minimum atomic E-state index is -4.41. The third kappa shape index (κ3) is 4.04. The number of likely N-dealkylation sites (tertiary alicyclic amines) is 2. The maximum absolute atomic E-state index is 13.4. The fraction of sp³-hybridized carbons (Fsp3) is 0.435. The zero-order valence-electron chi connectivity index (χ0n) is 16.3. The second kappa shape index (κ2) is 7.82. The number of nitrogens with zero attached hydrogens (tertiary/aromatic N) is 2. The Balaban J connectivity index is 1.59. The van der Waals surface area contributed by atoms with Crippen molar-refractivity contribution in [1.29, 1.82) is 0 Å². The molecule has 4 rings (SSSR count). The van der Waals surface area contributed by atoms with Crippen LogP contribution in [0.15, 0.2) is 54.6 Å². The fourth-order valence-electron chi connectivity index (χ4n) is 4.38. The van der Waals surface area contributed by atoms with Crippen LogP contribution in [-0.4, -0.2) is 41.9 Å². The molecule has 0 atom stereocenters. The van der Waals surface area contributed by atoms with Crippen LogP contribution in [0.2, 0.25) is 0 Å². The molecule has 0 N–H and O–H groups in total. The van der Waals surface area contributed by atoms with E-state index < -0.39 is 17.2 Å². The molecule has 2 aliphatic rings. The van der Waals surface area contributed by atoms with Crippen molar-refractivity contribution in [1.82, 2.24) is 9.80 Å². The van der Waals surface area contributed by atoms with E-state index in [1.54, 1.807) is 11.0 Å². The molecule has 1 amide bonds. The van der Waals surface area contributed by atoms with Crippen LogP contribution < -0.4 is 0 Å². The van der Waals surface area contributed by atoms with Gasteiger partial charge in [-0.05, 0) is 49.5 Å². The molecule has 2 fully saturated rings. The molecule has 2 saturated heterocycles. The Morgan fingerprint density at radius 1 is 0.931 bits per heavy atom. The summed E-state index contributed by atoms with van der Waals surface area (Å²) >= 11 is 0. The van der Waals surface area contributed by atoms with Gasteiger partial charge in [-0.25, -0.2) is 0 Å². The summed E-state index contributed by atoms with van der Waals surface area (Å²) in [5.41, 5.74) is 0.156. The Kier molecular flexibility index (Phi) is 5.38. The van der Waals surface area contributed by atoms with Crippen LogP contribution in [0.1, 0.15) is 36.0 Å². The Bertz CT molecular complexity index is 854. The van der Waals surface area contributed by atoms with Crippen LogP contribution in [0.25, 0.3) is 0 Å².